The van der Waals surface area contributed by atoms with Crippen molar-refractivity contribution in [2.45, 2.75) is 13.5 Å². The van der Waals surface area contributed by atoms with Crippen molar-refractivity contribution < 1.29 is 24.3 Å². The molecular weight excluding hydrogens is 400 g/mol. The van der Waals surface area contributed by atoms with E-state index in [0.717, 1.165) is 11.1 Å². The molecule has 0 saturated heterocycles. The number of aliphatic imine (C=N–C) groups is 1. The third kappa shape index (κ3) is 5.89. The summed E-state index contributed by atoms with van der Waals surface area (Å²) in [4.78, 5) is 25.5. The SMILES string of the molecule is CCOc1cc(C=Nc2ccc([N+](=O)[O-])cc2)ccc1OCc1ccc(C(=O)O)cc1. The third-order valence-electron chi connectivity index (χ3n) is 4.29. The standard InChI is InChI=1S/C23H20N2O6/c1-2-30-22-13-17(14-24-19-8-10-20(11-9-19)25(28)29)5-12-21(22)31-15-16-3-6-18(7-4-16)23(26)27/h3-14H,2,15H2,1H3,(H,26,27). The molecule has 1 N–H and O–H groups in total. The zero-order valence-electron chi connectivity index (χ0n) is 16.7. The lowest BCUT2D eigenvalue weighted by Gasteiger charge is -2.13. The topological polar surface area (TPSA) is 111 Å². The fraction of sp³-hybridized carbons (Fsp3) is 0.130. The average molecular weight is 420 g/mol. The van der Waals surface area contributed by atoms with E-state index in [9.17, 15) is 14.9 Å². The minimum atomic E-state index is -0.975. The van der Waals surface area contributed by atoms with Crippen LogP contribution in [0.1, 0.15) is 28.4 Å². The molecule has 0 aliphatic carbocycles. The van der Waals surface area contributed by atoms with Crippen LogP contribution in [0.15, 0.2) is 71.7 Å². The van der Waals surface area contributed by atoms with Crippen LogP contribution in [0, 0.1) is 10.1 Å². The molecule has 0 aromatic heterocycles. The molecule has 0 fully saturated rings. The quantitative estimate of drug-likeness (QED) is 0.295. The highest BCUT2D eigenvalue weighted by molar-refractivity contribution is 5.87. The highest BCUT2D eigenvalue weighted by Gasteiger charge is 2.08. The molecule has 3 aromatic rings. The molecule has 0 saturated carbocycles. The Hall–Kier alpha value is -4.20. The molecule has 31 heavy (non-hydrogen) atoms. The first-order chi connectivity index (χ1) is 15.0. The van der Waals surface area contributed by atoms with Crippen molar-refractivity contribution in [3.05, 3.63) is 93.5 Å². The van der Waals surface area contributed by atoms with Crippen LogP contribution in [-0.2, 0) is 6.61 Å². The van der Waals surface area contributed by atoms with E-state index in [1.165, 1.54) is 24.3 Å². The van der Waals surface area contributed by atoms with Crippen LogP contribution in [0.5, 0.6) is 11.5 Å². The molecule has 0 bridgehead atoms. The first kappa shape index (κ1) is 21.5. The lowest BCUT2D eigenvalue weighted by molar-refractivity contribution is -0.384. The smallest absolute Gasteiger partial charge is 0.335 e. The summed E-state index contributed by atoms with van der Waals surface area (Å²) < 4.78 is 11.5. The predicted octanol–water partition coefficient (Wildman–Crippen LogP) is 5.02. The van der Waals surface area contributed by atoms with Gasteiger partial charge in [-0.2, -0.15) is 0 Å². The second kappa shape index (κ2) is 10.0. The Labute approximate surface area is 178 Å². The molecule has 0 aliphatic rings. The first-order valence-electron chi connectivity index (χ1n) is 9.46. The Morgan fingerprint density at radius 2 is 1.74 bits per heavy atom. The van der Waals surface area contributed by atoms with Gasteiger partial charge in [0.15, 0.2) is 11.5 Å². The monoisotopic (exact) mass is 420 g/mol. The number of rotatable bonds is 9. The van der Waals surface area contributed by atoms with Gasteiger partial charge in [-0.15, -0.1) is 0 Å². The predicted molar refractivity (Wildman–Crippen MR) is 116 cm³/mol. The largest absolute Gasteiger partial charge is 0.490 e. The number of nitrogens with zero attached hydrogens (tertiary/aromatic N) is 2. The summed E-state index contributed by atoms with van der Waals surface area (Å²) in [5, 5.41) is 19.7. The number of nitro groups is 1. The van der Waals surface area contributed by atoms with Crippen LogP contribution in [0.3, 0.4) is 0 Å². The molecule has 0 heterocycles. The maximum Gasteiger partial charge on any atom is 0.335 e. The van der Waals surface area contributed by atoms with Crippen LogP contribution >= 0.6 is 0 Å². The molecule has 8 nitrogen and oxygen atoms in total. The number of carbonyl (C=O) groups is 1. The van der Waals surface area contributed by atoms with Crippen molar-refractivity contribution >= 4 is 23.6 Å². The molecule has 0 aliphatic heterocycles. The molecule has 0 radical (unpaired) electrons. The van der Waals surface area contributed by atoms with Gasteiger partial charge in [-0.05, 0) is 60.5 Å². The number of ether oxygens (including phenoxy) is 2. The van der Waals surface area contributed by atoms with Gasteiger partial charge in [0.2, 0.25) is 0 Å². The highest BCUT2D eigenvalue weighted by Crippen LogP contribution is 2.29. The van der Waals surface area contributed by atoms with E-state index in [4.69, 9.17) is 14.6 Å². The van der Waals surface area contributed by atoms with Crippen molar-refractivity contribution in [1.82, 2.24) is 0 Å². The van der Waals surface area contributed by atoms with E-state index in [1.807, 2.05) is 13.0 Å². The number of nitro benzene ring substituents is 1. The Morgan fingerprint density at radius 1 is 1.03 bits per heavy atom. The van der Waals surface area contributed by atoms with Gasteiger partial charge in [-0.3, -0.25) is 15.1 Å². The van der Waals surface area contributed by atoms with E-state index in [-0.39, 0.29) is 17.9 Å². The number of benzene rings is 3. The minimum Gasteiger partial charge on any atom is -0.490 e. The fourth-order valence-corrected chi connectivity index (χ4v) is 2.71. The second-order valence-electron chi connectivity index (χ2n) is 6.46. The minimum absolute atomic E-state index is 0.0108. The molecule has 0 spiro atoms. The third-order valence-corrected chi connectivity index (χ3v) is 4.29. The Kier molecular flexibility index (Phi) is 6.95. The summed E-state index contributed by atoms with van der Waals surface area (Å²) in [7, 11) is 0. The van der Waals surface area contributed by atoms with Crippen LogP contribution in [-0.4, -0.2) is 28.8 Å². The highest BCUT2D eigenvalue weighted by atomic mass is 16.6. The van der Waals surface area contributed by atoms with Crippen LogP contribution in [0.25, 0.3) is 0 Å². The van der Waals surface area contributed by atoms with Crippen molar-refractivity contribution in [1.29, 1.82) is 0 Å². The Morgan fingerprint density at radius 3 is 2.35 bits per heavy atom. The zero-order chi connectivity index (χ0) is 22.2. The number of non-ortho nitro benzene ring substituents is 1. The maximum absolute atomic E-state index is 10.9. The van der Waals surface area contributed by atoms with Gasteiger partial charge in [0, 0.05) is 18.3 Å². The van der Waals surface area contributed by atoms with Crippen molar-refractivity contribution in [3.8, 4) is 11.5 Å². The van der Waals surface area contributed by atoms with Crippen LogP contribution in [0.2, 0.25) is 0 Å². The lowest BCUT2D eigenvalue weighted by atomic mass is 10.1. The van der Waals surface area contributed by atoms with Gasteiger partial charge in [0.05, 0.1) is 22.8 Å². The molecule has 158 valence electrons. The van der Waals surface area contributed by atoms with E-state index in [2.05, 4.69) is 4.99 Å². The van der Waals surface area contributed by atoms with Crippen LogP contribution in [0.4, 0.5) is 11.4 Å². The van der Waals surface area contributed by atoms with Gasteiger partial charge in [0.1, 0.15) is 6.61 Å². The van der Waals surface area contributed by atoms with Crippen LogP contribution < -0.4 is 9.47 Å². The molecule has 3 aromatic carbocycles. The van der Waals surface area contributed by atoms with E-state index in [0.29, 0.717) is 23.8 Å². The molecule has 0 amide bonds. The van der Waals surface area contributed by atoms with E-state index >= 15 is 0 Å². The number of hydrogen-bond acceptors (Lipinski definition) is 6. The van der Waals surface area contributed by atoms with E-state index < -0.39 is 10.9 Å². The van der Waals surface area contributed by atoms with Gasteiger partial charge >= 0.3 is 5.97 Å². The summed E-state index contributed by atoms with van der Waals surface area (Å²) in [6, 6.07) is 17.8. The van der Waals surface area contributed by atoms with Gasteiger partial charge in [-0.1, -0.05) is 12.1 Å². The Balaban J connectivity index is 1.71. The number of carboxylic acids is 1. The number of hydrogen-bond donors (Lipinski definition) is 1. The molecule has 0 atom stereocenters. The summed E-state index contributed by atoms with van der Waals surface area (Å²) >= 11 is 0. The van der Waals surface area contributed by atoms with Crippen molar-refractivity contribution in [2.24, 2.45) is 4.99 Å². The summed E-state index contributed by atoms with van der Waals surface area (Å²) in [5.74, 6) is 0.131. The number of aromatic carboxylic acids is 1. The molecule has 8 heteroatoms. The maximum atomic E-state index is 10.9. The Bertz CT molecular complexity index is 1090. The number of carboxylic acid groups (broad SMARTS) is 1. The lowest BCUT2D eigenvalue weighted by Crippen LogP contribution is -2.01. The van der Waals surface area contributed by atoms with E-state index in [1.54, 1.807) is 42.6 Å². The molecule has 0 unspecified atom stereocenters. The van der Waals surface area contributed by atoms with Crippen molar-refractivity contribution in [2.75, 3.05) is 6.61 Å². The first-order valence-corrected chi connectivity index (χ1v) is 9.46. The van der Waals surface area contributed by atoms with Gasteiger partial charge in [0.25, 0.3) is 5.69 Å². The molecular formula is C23H20N2O6. The summed E-state index contributed by atoms with van der Waals surface area (Å²) in [6.45, 7) is 2.58. The van der Waals surface area contributed by atoms with Gasteiger partial charge < -0.3 is 14.6 Å². The average Bonchev–Trinajstić information content (AvgIpc) is 2.78. The summed E-state index contributed by atoms with van der Waals surface area (Å²) in [6.07, 6.45) is 1.64. The summed E-state index contributed by atoms with van der Waals surface area (Å²) in [5.41, 5.74) is 2.43. The van der Waals surface area contributed by atoms with Crippen molar-refractivity contribution in [3.63, 3.8) is 0 Å². The second-order valence-corrected chi connectivity index (χ2v) is 6.46. The zero-order valence-corrected chi connectivity index (χ0v) is 16.7. The van der Waals surface area contributed by atoms with Gasteiger partial charge in [-0.25, -0.2) is 4.79 Å². The molecule has 3 rings (SSSR count). The normalized spacial score (nSPS) is 10.7. The fourth-order valence-electron chi connectivity index (χ4n) is 2.71.